The van der Waals surface area contributed by atoms with Gasteiger partial charge in [-0.15, -0.1) is 0 Å². The van der Waals surface area contributed by atoms with Crippen molar-refractivity contribution >= 4 is 23.1 Å². The summed E-state index contributed by atoms with van der Waals surface area (Å²) in [5.41, 5.74) is -0.608. The third-order valence-corrected chi connectivity index (χ3v) is 17.3. The summed E-state index contributed by atoms with van der Waals surface area (Å²) in [6.45, 7) is 18.4. The van der Waals surface area contributed by atoms with Crippen LogP contribution in [0.15, 0.2) is 15.8 Å². The number of hydrogen-bond acceptors (Lipinski definition) is 8. The lowest BCUT2D eigenvalue weighted by Crippen LogP contribution is -2.66. The summed E-state index contributed by atoms with van der Waals surface area (Å²) in [4.78, 5) is 41.1. The Bertz CT molecular complexity index is 1010. The second kappa shape index (κ2) is 10.4. The van der Waals surface area contributed by atoms with Crippen molar-refractivity contribution in [2.75, 3.05) is 6.61 Å². The zero-order valence-electron chi connectivity index (χ0n) is 22.2. The van der Waals surface area contributed by atoms with Crippen LogP contribution in [0.3, 0.4) is 0 Å². The van der Waals surface area contributed by atoms with Gasteiger partial charge in [0, 0.05) is 13.1 Å². The summed E-state index contributed by atoms with van der Waals surface area (Å²) in [6.07, 6.45) is -1.83. The van der Waals surface area contributed by atoms with Crippen molar-refractivity contribution in [2.45, 2.75) is 109 Å². The van der Waals surface area contributed by atoms with Crippen molar-refractivity contribution in [1.82, 2.24) is 9.97 Å². The van der Waals surface area contributed by atoms with Crippen molar-refractivity contribution in [3.8, 4) is 0 Å². The minimum atomic E-state index is -2.99. The molecule has 2 fully saturated rings. The van der Waals surface area contributed by atoms with E-state index in [0.717, 1.165) is 0 Å². The predicted octanol–water partition coefficient (Wildman–Crippen LogP) is 3.39. The maximum absolute atomic E-state index is 12.6. The fourth-order valence-electron chi connectivity index (χ4n) is 5.34. The highest BCUT2D eigenvalue weighted by Gasteiger charge is 2.62. The van der Waals surface area contributed by atoms with Crippen LogP contribution in [-0.2, 0) is 27.2 Å². The lowest BCUT2D eigenvalue weighted by Gasteiger charge is -2.51. The van der Waals surface area contributed by atoms with Crippen LogP contribution < -0.4 is 11.2 Å². The lowest BCUT2D eigenvalue weighted by molar-refractivity contribution is -0.153. The summed E-state index contributed by atoms with van der Waals surface area (Å²) in [6, 6.07) is 0. The Balaban J connectivity index is 2.16. The van der Waals surface area contributed by atoms with Gasteiger partial charge >= 0.3 is 28.8 Å². The van der Waals surface area contributed by atoms with Crippen LogP contribution in [-0.4, -0.2) is 58.0 Å². The first-order chi connectivity index (χ1) is 16.2. The largest absolute Gasteiger partial charge is 0.457 e. The SMILES string of the molecule is CC(=O)O[C@@H]1[C@@H]2O[Si](C(C)C)(C(C)C)O[Si](C(C)C)(C(C)C)OC[C@H]2O[C@H]1c1c[nH]c(=O)[nH]c1=O. The number of rotatable bonds is 6. The average molecular weight is 529 g/mol. The van der Waals surface area contributed by atoms with Gasteiger partial charge in [-0.1, -0.05) is 55.4 Å². The van der Waals surface area contributed by atoms with Gasteiger partial charge in [-0.3, -0.25) is 14.6 Å². The average Bonchev–Trinajstić information content (AvgIpc) is 3.02. The highest BCUT2D eigenvalue weighted by Crippen LogP contribution is 2.49. The van der Waals surface area contributed by atoms with Crippen LogP contribution in [0.4, 0.5) is 0 Å². The van der Waals surface area contributed by atoms with Crippen LogP contribution in [0, 0.1) is 0 Å². The molecule has 10 nitrogen and oxygen atoms in total. The number of carbonyl (C=O) groups excluding carboxylic acids is 1. The molecule has 0 aromatic carbocycles. The highest BCUT2D eigenvalue weighted by atomic mass is 28.5. The summed E-state index contributed by atoms with van der Waals surface area (Å²) in [5, 5.41) is 0. The molecule has 3 rings (SSSR count). The number of carbonyl (C=O) groups is 1. The number of fused-ring (bicyclic) bond motifs is 1. The van der Waals surface area contributed by atoms with E-state index in [4.69, 9.17) is 22.4 Å². The number of aromatic nitrogens is 2. The fraction of sp³-hybridized carbons (Fsp3) is 0.783. The van der Waals surface area contributed by atoms with Crippen molar-refractivity contribution in [3.63, 3.8) is 0 Å². The molecule has 0 bridgehead atoms. The Kier molecular flexibility index (Phi) is 8.34. The molecule has 3 heterocycles. The second-order valence-electron chi connectivity index (χ2n) is 10.8. The quantitative estimate of drug-likeness (QED) is 0.425. The fourth-order valence-corrected chi connectivity index (χ4v) is 16.6. The molecule has 0 spiro atoms. The molecule has 2 N–H and O–H groups in total. The Hall–Kier alpha value is -1.58. The minimum Gasteiger partial charge on any atom is -0.457 e. The molecule has 4 atom stereocenters. The highest BCUT2D eigenvalue weighted by molar-refractivity contribution is 6.84. The lowest BCUT2D eigenvalue weighted by atomic mass is 10.0. The maximum atomic E-state index is 12.6. The van der Waals surface area contributed by atoms with Gasteiger partial charge in [0.2, 0.25) is 0 Å². The third kappa shape index (κ3) is 5.14. The molecule has 12 heteroatoms. The van der Waals surface area contributed by atoms with Gasteiger partial charge in [0.05, 0.1) is 12.2 Å². The van der Waals surface area contributed by atoms with Crippen molar-refractivity contribution in [3.05, 3.63) is 32.6 Å². The molecule has 0 radical (unpaired) electrons. The van der Waals surface area contributed by atoms with Gasteiger partial charge in [-0.25, -0.2) is 4.79 Å². The van der Waals surface area contributed by atoms with Gasteiger partial charge in [0.15, 0.2) is 6.10 Å². The zero-order chi connectivity index (χ0) is 26.3. The van der Waals surface area contributed by atoms with E-state index >= 15 is 0 Å². The molecule has 2 aliphatic heterocycles. The van der Waals surface area contributed by atoms with Crippen LogP contribution in [0.25, 0.3) is 0 Å². The standard InChI is InChI=1S/C23H40N2O8Si2/c1-12(2)34(13(3)4)29-11-18-20(32-35(33-34,14(5)6)15(7)8)21(30-16(9)26)19(31-18)17-10-24-23(28)25-22(17)27/h10,12-15,18-21H,11H2,1-9H3,(H2,24,25,27,28)/t18-,19+,20-,21+/m1/s1. The molecule has 0 aliphatic carbocycles. The normalized spacial score (nSPS) is 28.3. The third-order valence-electron chi connectivity index (χ3n) is 7.10. The van der Waals surface area contributed by atoms with Crippen LogP contribution in [0.1, 0.15) is 74.0 Å². The summed E-state index contributed by atoms with van der Waals surface area (Å²) in [7, 11) is -5.77. The molecular weight excluding hydrogens is 488 g/mol. The van der Waals surface area contributed by atoms with Gasteiger partial charge < -0.3 is 27.4 Å². The molecule has 0 unspecified atom stereocenters. The van der Waals surface area contributed by atoms with Crippen LogP contribution >= 0.6 is 0 Å². The van der Waals surface area contributed by atoms with E-state index in [-0.39, 0.29) is 34.3 Å². The van der Waals surface area contributed by atoms with Gasteiger partial charge in [-0.05, 0) is 22.2 Å². The second-order valence-corrected chi connectivity index (χ2v) is 19.6. The predicted molar refractivity (Wildman–Crippen MR) is 135 cm³/mol. The number of esters is 1. The van der Waals surface area contributed by atoms with E-state index in [0.29, 0.717) is 0 Å². The monoisotopic (exact) mass is 528 g/mol. The number of nitrogens with one attached hydrogen (secondary N) is 2. The van der Waals surface area contributed by atoms with Crippen molar-refractivity contribution in [2.24, 2.45) is 0 Å². The maximum Gasteiger partial charge on any atom is 0.335 e. The Morgan fingerprint density at radius 2 is 1.57 bits per heavy atom. The van der Waals surface area contributed by atoms with Crippen molar-refractivity contribution in [1.29, 1.82) is 0 Å². The van der Waals surface area contributed by atoms with Crippen molar-refractivity contribution < 1.29 is 27.2 Å². The summed E-state index contributed by atoms with van der Waals surface area (Å²) < 4.78 is 32.9. The zero-order valence-corrected chi connectivity index (χ0v) is 24.2. The van der Waals surface area contributed by atoms with Gasteiger partial charge in [-0.2, -0.15) is 0 Å². The minimum absolute atomic E-state index is 0.0720. The molecular formula is C23H40N2O8Si2. The molecule has 1 aromatic heterocycles. The smallest absolute Gasteiger partial charge is 0.335 e. The topological polar surface area (TPSA) is 129 Å². The van der Waals surface area contributed by atoms with E-state index in [2.05, 4.69) is 65.4 Å². The van der Waals surface area contributed by atoms with E-state index in [9.17, 15) is 14.4 Å². The molecule has 2 saturated heterocycles. The number of hydrogen-bond donors (Lipinski definition) is 2. The molecule has 198 valence electrons. The van der Waals surface area contributed by atoms with Gasteiger partial charge in [0.25, 0.3) is 5.56 Å². The first-order valence-corrected chi connectivity index (χ1v) is 16.4. The Morgan fingerprint density at radius 3 is 2.06 bits per heavy atom. The number of H-pyrrole nitrogens is 2. The molecule has 1 aromatic rings. The molecule has 0 saturated carbocycles. The first kappa shape index (κ1) is 28.0. The van der Waals surface area contributed by atoms with Crippen LogP contribution in [0.2, 0.25) is 22.2 Å². The Labute approximate surface area is 208 Å². The summed E-state index contributed by atoms with van der Waals surface area (Å²) >= 11 is 0. The molecule has 35 heavy (non-hydrogen) atoms. The summed E-state index contributed by atoms with van der Waals surface area (Å²) in [5.74, 6) is -0.521. The number of aromatic amines is 2. The molecule has 2 aliphatic rings. The first-order valence-electron chi connectivity index (χ1n) is 12.4. The van der Waals surface area contributed by atoms with E-state index in [1.165, 1.54) is 13.1 Å². The van der Waals surface area contributed by atoms with Crippen LogP contribution in [0.5, 0.6) is 0 Å². The Morgan fingerprint density at radius 1 is 1.00 bits per heavy atom. The van der Waals surface area contributed by atoms with Gasteiger partial charge in [0.1, 0.15) is 18.3 Å². The van der Waals surface area contributed by atoms with E-state index < -0.39 is 58.8 Å². The van der Waals surface area contributed by atoms with E-state index in [1.807, 2.05) is 0 Å². The van der Waals surface area contributed by atoms with E-state index in [1.54, 1.807) is 0 Å². The molecule has 0 amide bonds. The number of ether oxygens (including phenoxy) is 2.